The highest BCUT2D eigenvalue weighted by Crippen LogP contribution is 2.36. The molecule has 5 heteroatoms. The molecule has 26 heavy (non-hydrogen) atoms. The number of ether oxygens (including phenoxy) is 1. The van der Waals surface area contributed by atoms with E-state index < -0.39 is 0 Å². The summed E-state index contributed by atoms with van der Waals surface area (Å²) in [6, 6.07) is 15.8. The highest BCUT2D eigenvalue weighted by atomic mass is 16.5. The summed E-state index contributed by atoms with van der Waals surface area (Å²) in [5.41, 5.74) is 4.43. The number of hydrogen-bond donors (Lipinski definition) is 0. The Morgan fingerprint density at radius 1 is 1.04 bits per heavy atom. The average Bonchev–Trinajstić information content (AvgIpc) is 3.04. The molecule has 0 saturated carbocycles. The molecule has 0 spiro atoms. The number of rotatable bonds is 2. The van der Waals surface area contributed by atoms with Crippen molar-refractivity contribution in [2.45, 2.75) is 18.8 Å². The number of Topliss-reactive ketones (excluding diaryl/α,β-unsaturated/α-hetero) is 1. The average molecular weight is 343 g/mol. The van der Waals surface area contributed by atoms with E-state index in [1.807, 2.05) is 59.1 Å². The van der Waals surface area contributed by atoms with E-state index in [1.54, 1.807) is 7.11 Å². The smallest absolute Gasteiger partial charge is 0.235 e. The molecule has 1 atom stereocenters. The van der Waals surface area contributed by atoms with E-state index in [1.165, 1.54) is 0 Å². The second-order valence-corrected chi connectivity index (χ2v) is 6.64. The number of aromatic nitrogens is 3. The Balaban J connectivity index is 1.64. The minimum Gasteiger partial charge on any atom is -0.496 e. The van der Waals surface area contributed by atoms with Gasteiger partial charge in [-0.1, -0.05) is 30.3 Å². The van der Waals surface area contributed by atoms with Gasteiger partial charge >= 0.3 is 0 Å². The molecule has 0 N–H and O–H groups in total. The van der Waals surface area contributed by atoms with Crippen molar-refractivity contribution in [1.82, 2.24) is 14.4 Å². The van der Waals surface area contributed by atoms with E-state index in [9.17, 15) is 4.79 Å². The van der Waals surface area contributed by atoms with Crippen molar-refractivity contribution in [2.24, 2.45) is 0 Å². The fraction of sp³-hybridized carbons (Fsp3) is 0.190. The van der Waals surface area contributed by atoms with Crippen LogP contribution in [0.5, 0.6) is 5.75 Å². The van der Waals surface area contributed by atoms with E-state index in [-0.39, 0.29) is 11.7 Å². The number of carbonyl (C=O) groups excluding carboxylic acids is 1. The Kier molecular flexibility index (Phi) is 3.28. The molecule has 5 rings (SSSR count). The molecule has 5 nitrogen and oxygen atoms in total. The molecule has 2 heterocycles. The molecule has 128 valence electrons. The zero-order valence-electron chi connectivity index (χ0n) is 14.3. The van der Waals surface area contributed by atoms with Gasteiger partial charge in [0.05, 0.1) is 29.4 Å². The van der Waals surface area contributed by atoms with Crippen LogP contribution in [-0.4, -0.2) is 27.3 Å². The minimum atomic E-state index is 0.0745. The summed E-state index contributed by atoms with van der Waals surface area (Å²) in [6.45, 7) is 0. The number of benzene rings is 2. The molecule has 0 bridgehead atoms. The van der Waals surface area contributed by atoms with Crippen molar-refractivity contribution in [3.63, 3.8) is 0 Å². The number of fused-ring (bicyclic) bond motifs is 4. The predicted octanol–water partition coefficient (Wildman–Crippen LogP) is 3.80. The molecule has 2 aromatic heterocycles. The number of carbonyl (C=O) groups is 1. The lowest BCUT2D eigenvalue weighted by molar-refractivity contribution is 0.0962. The SMILES string of the molecule is COc1ccccc1[C@@H]1CC(=O)c2cn3c(nc2C1)nc1ccccc13. The second kappa shape index (κ2) is 5.66. The van der Waals surface area contributed by atoms with Gasteiger partial charge in [0.25, 0.3) is 0 Å². The summed E-state index contributed by atoms with van der Waals surface area (Å²) in [7, 11) is 1.66. The first-order valence-corrected chi connectivity index (χ1v) is 8.67. The van der Waals surface area contributed by atoms with Gasteiger partial charge in [0.1, 0.15) is 5.75 Å². The third-order valence-corrected chi connectivity index (χ3v) is 5.13. The molecule has 1 aliphatic carbocycles. The molecule has 0 fully saturated rings. The highest BCUT2D eigenvalue weighted by molar-refractivity contribution is 5.99. The fourth-order valence-electron chi connectivity index (χ4n) is 3.87. The third-order valence-electron chi connectivity index (χ3n) is 5.13. The summed E-state index contributed by atoms with van der Waals surface area (Å²) in [5.74, 6) is 1.65. The number of methoxy groups -OCH3 is 1. The highest BCUT2D eigenvalue weighted by Gasteiger charge is 2.30. The van der Waals surface area contributed by atoms with Crippen LogP contribution >= 0.6 is 0 Å². The third kappa shape index (κ3) is 2.20. The Morgan fingerprint density at radius 3 is 2.73 bits per heavy atom. The van der Waals surface area contributed by atoms with Crippen LogP contribution in [0.4, 0.5) is 0 Å². The van der Waals surface area contributed by atoms with E-state index in [0.717, 1.165) is 28.0 Å². The second-order valence-electron chi connectivity index (χ2n) is 6.64. The van der Waals surface area contributed by atoms with Crippen LogP contribution < -0.4 is 4.74 Å². The number of nitrogens with zero attached hydrogens (tertiary/aromatic N) is 3. The van der Waals surface area contributed by atoms with E-state index in [4.69, 9.17) is 9.72 Å². The first kappa shape index (κ1) is 15.1. The maximum absolute atomic E-state index is 12.9. The zero-order valence-corrected chi connectivity index (χ0v) is 14.3. The Labute approximate surface area is 150 Å². The summed E-state index contributed by atoms with van der Waals surface area (Å²) in [4.78, 5) is 22.2. The number of hydrogen-bond acceptors (Lipinski definition) is 4. The van der Waals surface area contributed by atoms with Crippen molar-refractivity contribution in [3.05, 3.63) is 71.5 Å². The van der Waals surface area contributed by atoms with E-state index in [2.05, 4.69) is 4.98 Å². The van der Waals surface area contributed by atoms with Gasteiger partial charge in [0, 0.05) is 18.5 Å². The molecule has 0 saturated heterocycles. The maximum atomic E-state index is 12.9. The molecule has 1 aliphatic rings. The van der Waals surface area contributed by atoms with Crippen molar-refractivity contribution in [3.8, 4) is 5.75 Å². The van der Waals surface area contributed by atoms with Crippen molar-refractivity contribution >= 4 is 22.6 Å². The minimum absolute atomic E-state index is 0.0745. The summed E-state index contributed by atoms with van der Waals surface area (Å²) < 4.78 is 7.40. The van der Waals surface area contributed by atoms with Crippen LogP contribution in [0.1, 0.15) is 34.0 Å². The lowest BCUT2D eigenvalue weighted by atomic mass is 9.82. The Morgan fingerprint density at radius 2 is 1.85 bits per heavy atom. The lowest BCUT2D eigenvalue weighted by Gasteiger charge is -2.24. The molecule has 4 aromatic rings. The normalized spacial score (nSPS) is 16.8. The van der Waals surface area contributed by atoms with Crippen LogP contribution in [0.25, 0.3) is 16.8 Å². The first-order chi connectivity index (χ1) is 12.7. The van der Waals surface area contributed by atoms with Gasteiger partial charge in [0.15, 0.2) is 5.78 Å². The molecule has 0 aliphatic heterocycles. The number of ketones is 1. The lowest BCUT2D eigenvalue weighted by Crippen LogP contribution is -2.21. The van der Waals surface area contributed by atoms with Gasteiger partial charge in [0.2, 0.25) is 5.78 Å². The van der Waals surface area contributed by atoms with Crippen LogP contribution in [-0.2, 0) is 6.42 Å². The summed E-state index contributed by atoms with van der Waals surface area (Å²) >= 11 is 0. The monoisotopic (exact) mass is 343 g/mol. The van der Waals surface area contributed by atoms with Gasteiger partial charge in [-0.2, -0.15) is 0 Å². The van der Waals surface area contributed by atoms with Gasteiger partial charge in [-0.3, -0.25) is 9.20 Å². The van der Waals surface area contributed by atoms with E-state index >= 15 is 0 Å². The fourth-order valence-corrected chi connectivity index (χ4v) is 3.87. The molecule has 2 aromatic carbocycles. The van der Waals surface area contributed by atoms with Crippen LogP contribution in [0, 0.1) is 0 Å². The van der Waals surface area contributed by atoms with Gasteiger partial charge < -0.3 is 4.74 Å². The van der Waals surface area contributed by atoms with Crippen LogP contribution in [0.3, 0.4) is 0 Å². The topological polar surface area (TPSA) is 56.5 Å². The van der Waals surface area contributed by atoms with Gasteiger partial charge in [-0.05, 0) is 30.2 Å². The summed E-state index contributed by atoms with van der Waals surface area (Å²) in [6.07, 6.45) is 3.07. The Hall–Kier alpha value is -3.21. The van der Waals surface area contributed by atoms with Crippen molar-refractivity contribution < 1.29 is 9.53 Å². The predicted molar refractivity (Wildman–Crippen MR) is 98.9 cm³/mol. The molecular formula is C21H17N3O2. The quantitative estimate of drug-likeness (QED) is 0.555. The van der Waals surface area contributed by atoms with Crippen molar-refractivity contribution in [2.75, 3.05) is 7.11 Å². The molecule has 0 amide bonds. The largest absolute Gasteiger partial charge is 0.496 e. The Bertz CT molecular complexity index is 1160. The zero-order chi connectivity index (χ0) is 17.7. The molecule has 0 unspecified atom stereocenters. The van der Waals surface area contributed by atoms with Crippen LogP contribution in [0.2, 0.25) is 0 Å². The number of para-hydroxylation sites is 3. The molecular weight excluding hydrogens is 326 g/mol. The van der Waals surface area contributed by atoms with E-state index in [0.29, 0.717) is 24.2 Å². The van der Waals surface area contributed by atoms with Gasteiger partial charge in [-0.15, -0.1) is 0 Å². The van der Waals surface area contributed by atoms with Crippen LogP contribution in [0.15, 0.2) is 54.7 Å². The summed E-state index contributed by atoms with van der Waals surface area (Å²) in [5, 5.41) is 0. The first-order valence-electron chi connectivity index (χ1n) is 8.67. The standard InChI is InChI=1S/C21H17N3O2/c1-26-20-9-5-2-6-14(20)13-10-17-15(19(25)11-13)12-24-18-8-4-3-7-16(18)22-21(24)23-17/h2-9,12-13H,10-11H2,1H3/t13-/m0/s1. The molecule has 0 radical (unpaired) electrons. The number of imidazole rings is 1. The van der Waals surface area contributed by atoms with Crippen molar-refractivity contribution in [1.29, 1.82) is 0 Å². The maximum Gasteiger partial charge on any atom is 0.235 e. The van der Waals surface area contributed by atoms with Gasteiger partial charge in [-0.25, -0.2) is 9.97 Å².